The van der Waals surface area contributed by atoms with E-state index >= 15 is 0 Å². The summed E-state index contributed by atoms with van der Waals surface area (Å²) in [5.41, 5.74) is 0.561. The Hall–Kier alpha value is -3.96. The highest BCUT2D eigenvalue weighted by atomic mass is 16.5. The number of hydrogen-bond acceptors (Lipinski definition) is 7. The minimum absolute atomic E-state index is 0.0133. The van der Waals surface area contributed by atoms with Crippen LogP contribution in [0.3, 0.4) is 0 Å². The van der Waals surface area contributed by atoms with Crippen LogP contribution in [0.4, 0.5) is 0 Å². The Morgan fingerprint density at radius 3 is 2.29 bits per heavy atom. The zero-order valence-corrected chi connectivity index (χ0v) is 30.6. The predicted octanol–water partition coefficient (Wildman–Crippen LogP) is 3.44. The van der Waals surface area contributed by atoms with Gasteiger partial charge in [0.1, 0.15) is 5.75 Å². The number of nitrogens with one attached hydrogen (secondary N) is 2. The molecule has 280 valence electrons. The van der Waals surface area contributed by atoms with Gasteiger partial charge in [0.2, 0.25) is 17.7 Å². The lowest BCUT2D eigenvalue weighted by atomic mass is 9.80. The van der Waals surface area contributed by atoms with Gasteiger partial charge < -0.3 is 25.2 Å². The highest BCUT2D eigenvalue weighted by molar-refractivity contribution is 5.85. The zero-order valence-electron chi connectivity index (χ0n) is 30.6. The second-order valence-corrected chi connectivity index (χ2v) is 15.8. The average Bonchev–Trinajstić information content (AvgIpc) is 3.66. The molecule has 2 aromatic rings. The first-order valence-electron chi connectivity index (χ1n) is 19.7. The zero-order chi connectivity index (χ0) is 35.9. The van der Waals surface area contributed by atoms with E-state index < -0.39 is 5.54 Å². The minimum atomic E-state index is -0.729. The molecule has 0 radical (unpaired) electrons. The molecule has 6 saturated heterocycles. The van der Waals surface area contributed by atoms with Gasteiger partial charge in [-0.1, -0.05) is 48.5 Å². The molecule has 6 fully saturated rings. The van der Waals surface area contributed by atoms with Crippen molar-refractivity contribution in [3.05, 3.63) is 66.2 Å². The quantitative estimate of drug-likeness (QED) is 0.489. The van der Waals surface area contributed by atoms with Gasteiger partial charge in [-0.05, 0) is 94.0 Å². The van der Waals surface area contributed by atoms with E-state index in [1.165, 1.54) is 5.56 Å². The summed E-state index contributed by atoms with van der Waals surface area (Å²) in [5, 5.41) is 6.63. The lowest BCUT2D eigenvalue weighted by Crippen LogP contribution is -2.61. The van der Waals surface area contributed by atoms with Crippen LogP contribution in [-0.4, -0.2) is 120 Å². The largest absolute Gasteiger partial charge is 0.484 e. The van der Waals surface area contributed by atoms with Gasteiger partial charge in [0.15, 0.2) is 6.61 Å². The predicted molar refractivity (Wildman–Crippen MR) is 198 cm³/mol. The SMILES string of the molecule is O=C1CC2(CCN(C(=O)COc3ccccc3)CC2)NC(=O)[C@@H]2CCCN2C2CCN(CC2)C(=O)C[C@@H]2CCN(Cc3ccccc3)C[C@@H]2CCN1. The molecule has 11 nitrogen and oxygen atoms in total. The van der Waals surface area contributed by atoms with Gasteiger partial charge in [0, 0.05) is 64.7 Å². The summed E-state index contributed by atoms with van der Waals surface area (Å²) in [7, 11) is 0. The monoisotopic (exact) mass is 712 g/mol. The Bertz CT molecular complexity index is 1520. The third kappa shape index (κ3) is 8.97. The highest BCUT2D eigenvalue weighted by Crippen LogP contribution is 2.33. The molecule has 0 saturated carbocycles. The first kappa shape index (κ1) is 36.4. The third-order valence-electron chi connectivity index (χ3n) is 12.4. The lowest BCUT2D eigenvalue weighted by Gasteiger charge is -2.44. The van der Waals surface area contributed by atoms with E-state index in [1.807, 2.05) is 36.4 Å². The van der Waals surface area contributed by atoms with E-state index in [2.05, 4.69) is 49.6 Å². The topological polar surface area (TPSA) is 115 Å². The molecule has 52 heavy (non-hydrogen) atoms. The maximum atomic E-state index is 14.1. The molecule has 2 aromatic carbocycles. The summed E-state index contributed by atoms with van der Waals surface area (Å²) in [4.78, 5) is 63.4. The molecule has 11 heteroatoms. The number of rotatable bonds is 5. The molecule has 3 atom stereocenters. The van der Waals surface area contributed by atoms with Crippen LogP contribution in [0.5, 0.6) is 5.75 Å². The summed E-state index contributed by atoms with van der Waals surface area (Å²) < 4.78 is 5.74. The molecule has 6 heterocycles. The van der Waals surface area contributed by atoms with Gasteiger partial charge in [-0.15, -0.1) is 0 Å². The molecule has 8 rings (SSSR count). The number of hydrogen-bond donors (Lipinski definition) is 2. The van der Waals surface area contributed by atoms with Crippen molar-refractivity contribution in [2.75, 3.05) is 59.0 Å². The minimum Gasteiger partial charge on any atom is -0.484 e. The van der Waals surface area contributed by atoms with Crippen molar-refractivity contribution < 1.29 is 23.9 Å². The van der Waals surface area contributed by atoms with E-state index in [9.17, 15) is 19.2 Å². The van der Waals surface area contributed by atoms with E-state index in [4.69, 9.17) is 4.74 Å². The summed E-state index contributed by atoms with van der Waals surface area (Å²) in [6.07, 6.45) is 7.04. The van der Waals surface area contributed by atoms with Crippen LogP contribution in [-0.2, 0) is 25.7 Å². The van der Waals surface area contributed by atoms with Crippen molar-refractivity contribution >= 4 is 23.6 Å². The van der Waals surface area contributed by atoms with Crippen LogP contribution in [0.1, 0.15) is 69.8 Å². The summed E-state index contributed by atoms with van der Waals surface area (Å²) >= 11 is 0. The van der Waals surface area contributed by atoms with Crippen LogP contribution in [0.2, 0.25) is 0 Å². The standard InChI is InChI=1S/C41H56N6O5/c48-37-27-41(17-24-46(25-18-41)39(50)30-52-35-10-5-2-6-11-35)43-40(51)36-12-7-20-47(36)34-15-22-45(23-16-34)38(49)26-32-14-21-44(29-33(32)13-19-42-37)28-31-8-3-1-4-9-31/h1-6,8-11,32-34,36H,7,12-30H2,(H,42,48)(H,43,51)/t32-,33-,36-/m0/s1. The fourth-order valence-electron chi connectivity index (χ4n) is 9.44. The number of carbonyl (C=O) groups excluding carboxylic acids is 4. The number of amides is 4. The number of benzene rings is 2. The maximum absolute atomic E-state index is 14.1. The van der Waals surface area contributed by atoms with E-state index in [-0.39, 0.29) is 54.7 Å². The van der Waals surface area contributed by atoms with E-state index in [0.717, 1.165) is 77.8 Å². The summed E-state index contributed by atoms with van der Waals surface area (Å²) in [6.45, 7) is 6.49. The highest BCUT2D eigenvalue weighted by Gasteiger charge is 2.44. The van der Waals surface area contributed by atoms with Gasteiger partial charge in [0.05, 0.1) is 11.6 Å². The molecule has 1 spiro atoms. The normalized spacial score (nSPS) is 26.9. The average molecular weight is 713 g/mol. The Labute approximate surface area is 308 Å². The van der Waals surface area contributed by atoms with Crippen LogP contribution < -0.4 is 15.4 Å². The number of para-hydroxylation sites is 1. The van der Waals surface area contributed by atoms with Gasteiger partial charge in [0.25, 0.3) is 5.91 Å². The number of fused-ring (bicyclic) bond motifs is 8. The summed E-state index contributed by atoms with van der Waals surface area (Å²) in [5.74, 6) is 1.30. The van der Waals surface area contributed by atoms with Crippen molar-refractivity contribution in [2.45, 2.75) is 88.4 Å². The third-order valence-corrected chi connectivity index (χ3v) is 12.4. The van der Waals surface area contributed by atoms with Gasteiger partial charge in [-0.25, -0.2) is 0 Å². The second kappa shape index (κ2) is 16.8. The number of carbonyl (C=O) groups is 4. The van der Waals surface area contributed by atoms with Crippen LogP contribution >= 0.6 is 0 Å². The molecule has 6 aliphatic rings. The van der Waals surface area contributed by atoms with Crippen LogP contribution in [0.15, 0.2) is 60.7 Å². The number of piperidine rings is 3. The number of likely N-dealkylation sites (tertiary alicyclic amines) is 2. The van der Waals surface area contributed by atoms with Gasteiger partial charge in [-0.3, -0.25) is 29.0 Å². The lowest BCUT2D eigenvalue weighted by molar-refractivity contribution is -0.138. The fourth-order valence-corrected chi connectivity index (χ4v) is 9.44. The molecule has 6 aliphatic heterocycles. The van der Waals surface area contributed by atoms with E-state index in [0.29, 0.717) is 50.6 Å². The van der Waals surface area contributed by atoms with Crippen LogP contribution in [0.25, 0.3) is 0 Å². The van der Waals surface area contributed by atoms with Crippen molar-refractivity contribution in [3.63, 3.8) is 0 Å². The molecule has 0 aromatic heterocycles. The van der Waals surface area contributed by atoms with Crippen molar-refractivity contribution in [2.24, 2.45) is 11.8 Å². The van der Waals surface area contributed by atoms with E-state index in [1.54, 1.807) is 4.90 Å². The molecule has 2 bridgehead atoms. The smallest absolute Gasteiger partial charge is 0.260 e. The Morgan fingerprint density at radius 1 is 0.808 bits per heavy atom. The number of ether oxygens (including phenoxy) is 1. The molecule has 0 unspecified atom stereocenters. The van der Waals surface area contributed by atoms with Crippen molar-refractivity contribution in [3.8, 4) is 5.75 Å². The first-order valence-corrected chi connectivity index (χ1v) is 19.7. The first-order chi connectivity index (χ1) is 25.3. The molecule has 2 N–H and O–H groups in total. The van der Waals surface area contributed by atoms with Crippen LogP contribution in [0, 0.1) is 11.8 Å². The molecule has 0 aliphatic carbocycles. The Morgan fingerprint density at radius 2 is 1.54 bits per heavy atom. The Kier molecular flexibility index (Phi) is 11.8. The molecular weight excluding hydrogens is 656 g/mol. The Balaban J connectivity index is 1.05. The fraction of sp³-hybridized carbons (Fsp3) is 0.610. The van der Waals surface area contributed by atoms with Gasteiger partial charge in [-0.2, -0.15) is 0 Å². The molecule has 4 amide bonds. The van der Waals surface area contributed by atoms with Crippen molar-refractivity contribution in [1.82, 2.24) is 30.2 Å². The van der Waals surface area contributed by atoms with Crippen molar-refractivity contribution in [1.29, 1.82) is 0 Å². The maximum Gasteiger partial charge on any atom is 0.260 e. The second-order valence-electron chi connectivity index (χ2n) is 15.8. The number of nitrogens with zero attached hydrogens (tertiary/aromatic N) is 4. The summed E-state index contributed by atoms with van der Waals surface area (Å²) in [6, 6.07) is 19.9. The molecular formula is C41H56N6O5. The van der Waals surface area contributed by atoms with Gasteiger partial charge >= 0.3 is 0 Å².